The zero-order chi connectivity index (χ0) is 10.7. The van der Waals surface area contributed by atoms with Crippen molar-refractivity contribution in [3.05, 3.63) is 29.8 Å². The first-order valence-electron chi connectivity index (χ1n) is 5.71. The Morgan fingerprint density at radius 1 is 1.40 bits per heavy atom. The van der Waals surface area contributed by atoms with E-state index in [9.17, 15) is 0 Å². The van der Waals surface area contributed by atoms with Crippen molar-refractivity contribution in [1.29, 1.82) is 0 Å². The number of ether oxygens (including phenoxy) is 1. The van der Waals surface area contributed by atoms with Gasteiger partial charge in [0.25, 0.3) is 0 Å². The summed E-state index contributed by atoms with van der Waals surface area (Å²) in [6.07, 6.45) is 3.77. The highest BCUT2D eigenvalue weighted by Crippen LogP contribution is 2.44. The van der Waals surface area contributed by atoms with Crippen molar-refractivity contribution in [3.8, 4) is 0 Å². The highest BCUT2D eigenvalue weighted by atomic mass is 16.5. The Labute approximate surface area is 91.4 Å². The maximum atomic E-state index is 5.82. The molecule has 1 aromatic carbocycles. The van der Waals surface area contributed by atoms with Crippen molar-refractivity contribution < 1.29 is 4.74 Å². The van der Waals surface area contributed by atoms with Gasteiger partial charge in [-0.05, 0) is 37.5 Å². The van der Waals surface area contributed by atoms with Crippen LogP contribution in [-0.4, -0.2) is 13.2 Å². The Kier molecular flexibility index (Phi) is 2.96. The van der Waals surface area contributed by atoms with Crippen molar-refractivity contribution >= 4 is 5.69 Å². The SMILES string of the molecule is CCOCC1(c2cccc(N)c2)CCC1. The van der Waals surface area contributed by atoms with Crippen LogP contribution >= 0.6 is 0 Å². The van der Waals surface area contributed by atoms with Gasteiger partial charge in [-0.2, -0.15) is 0 Å². The van der Waals surface area contributed by atoms with E-state index in [1.54, 1.807) is 0 Å². The Balaban J connectivity index is 2.18. The molecule has 0 unspecified atom stereocenters. The summed E-state index contributed by atoms with van der Waals surface area (Å²) < 4.78 is 5.59. The fraction of sp³-hybridized carbons (Fsp3) is 0.538. The van der Waals surface area contributed by atoms with E-state index in [2.05, 4.69) is 12.1 Å². The Hall–Kier alpha value is -1.02. The number of nitrogens with two attached hydrogens (primary N) is 1. The number of hydrogen-bond acceptors (Lipinski definition) is 2. The van der Waals surface area contributed by atoms with Gasteiger partial charge in [0.05, 0.1) is 6.61 Å². The molecule has 0 aliphatic heterocycles. The van der Waals surface area contributed by atoms with E-state index in [1.165, 1.54) is 24.8 Å². The van der Waals surface area contributed by atoms with Gasteiger partial charge in [0.15, 0.2) is 0 Å². The molecule has 2 rings (SSSR count). The molecule has 1 aliphatic carbocycles. The molecule has 2 nitrogen and oxygen atoms in total. The van der Waals surface area contributed by atoms with E-state index in [0.29, 0.717) is 0 Å². The zero-order valence-electron chi connectivity index (χ0n) is 9.33. The van der Waals surface area contributed by atoms with Crippen LogP contribution in [0.15, 0.2) is 24.3 Å². The third-order valence-corrected chi connectivity index (χ3v) is 3.39. The third-order valence-electron chi connectivity index (χ3n) is 3.39. The minimum Gasteiger partial charge on any atom is -0.399 e. The number of benzene rings is 1. The van der Waals surface area contributed by atoms with Crippen molar-refractivity contribution in [2.75, 3.05) is 18.9 Å². The second kappa shape index (κ2) is 4.23. The highest BCUT2D eigenvalue weighted by Gasteiger charge is 2.38. The molecule has 1 aliphatic rings. The molecule has 0 radical (unpaired) electrons. The fourth-order valence-electron chi connectivity index (χ4n) is 2.29. The summed E-state index contributed by atoms with van der Waals surface area (Å²) in [6.45, 7) is 3.68. The Bertz CT molecular complexity index is 331. The first kappa shape index (κ1) is 10.5. The summed E-state index contributed by atoms with van der Waals surface area (Å²) in [4.78, 5) is 0. The summed E-state index contributed by atoms with van der Waals surface area (Å²) in [7, 11) is 0. The standard InChI is InChI=1S/C13H19NO/c1-2-15-10-13(7-4-8-13)11-5-3-6-12(14)9-11/h3,5-6,9H,2,4,7-8,10,14H2,1H3. The minimum atomic E-state index is 0.255. The van der Waals surface area contributed by atoms with Gasteiger partial charge in [0.1, 0.15) is 0 Å². The summed E-state index contributed by atoms with van der Waals surface area (Å²) in [5.74, 6) is 0. The predicted octanol–water partition coefficient (Wildman–Crippen LogP) is 2.73. The summed E-state index contributed by atoms with van der Waals surface area (Å²) in [5.41, 5.74) is 8.28. The van der Waals surface area contributed by atoms with Crippen molar-refractivity contribution in [1.82, 2.24) is 0 Å². The van der Waals surface area contributed by atoms with Crippen molar-refractivity contribution in [2.45, 2.75) is 31.6 Å². The first-order valence-corrected chi connectivity index (χ1v) is 5.71. The summed E-state index contributed by atoms with van der Waals surface area (Å²) in [6, 6.07) is 8.25. The third kappa shape index (κ3) is 2.00. The normalized spacial score (nSPS) is 18.5. The van der Waals surface area contributed by atoms with Crippen molar-refractivity contribution in [3.63, 3.8) is 0 Å². The number of anilines is 1. The largest absolute Gasteiger partial charge is 0.399 e. The van der Waals surface area contributed by atoms with Crippen LogP contribution in [0, 0.1) is 0 Å². The topological polar surface area (TPSA) is 35.2 Å². The molecule has 2 heteroatoms. The zero-order valence-corrected chi connectivity index (χ0v) is 9.33. The molecule has 0 atom stereocenters. The molecule has 0 bridgehead atoms. The molecule has 15 heavy (non-hydrogen) atoms. The molecule has 0 saturated heterocycles. The van der Waals surface area contributed by atoms with Crippen molar-refractivity contribution in [2.24, 2.45) is 0 Å². The molecule has 82 valence electrons. The lowest BCUT2D eigenvalue weighted by Gasteiger charge is -2.42. The lowest BCUT2D eigenvalue weighted by Crippen LogP contribution is -2.39. The molecular formula is C13H19NO. The van der Waals surface area contributed by atoms with Gasteiger partial charge in [0.2, 0.25) is 0 Å². The van der Waals surface area contributed by atoms with Crippen LogP contribution < -0.4 is 5.73 Å². The van der Waals surface area contributed by atoms with Crippen LogP contribution in [0.5, 0.6) is 0 Å². The van der Waals surface area contributed by atoms with Crippen LogP contribution in [0.3, 0.4) is 0 Å². The van der Waals surface area contributed by atoms with Gasteiger partial charge in [-0.25, -0.2) is 0 Å². The van der Waals surface area contributed by atoms with E-state index >= 15 is 0 Å². The second-order valence-electron chi connectivity index (χ2n) is 4.40. The molecule has 1 aromatic rings. The van der Waals surface area contributed by atoms with Gasteiger partial charge < -0.3 is 10.5 Å². The van der Waals surface area contributed by atoms with Gasteiger partial charge in [-0.15, -0.1) is 0 Å². The molecule has 0 heterocycles. The smallest absolute Gasteiger partial charge is 0.0562 e. The van der Waals surface area contributed by atoms with E-state index in [1.807, 2.05) is 19.1 Å². The Morgan fingerprint density at radius 2 is 2.20 bits per heavy atom. The van der Waals surface area contributed by atoms with Crippen LogP contribution in [0.25, 0.3) is 0 Å². The van der Waals surface area contributed by atoms with Gasteiger partial charge in [-0.3, -0.25) is 0 Å². The van der Waals surface area contributed by atoms with E-state index in [0.717, 1.165) is 18.9 Å². The number of nitrogen functional groups attached to an aromatic ring is 1. The average molecular weight is 205 g/mol. The molecule has 0 amide bonds. The van der Waals surface area contributed by atoms with E-state index < -0.39 is 0 Å². The van der Waals surface area contributed by atoms with Gasteiger partial charge in [0, 0.05) is 17.7 Å². The van der Waals surface area contributed by atoms with Gasteiger partial charge in [-0.1, -0.05) is 18.6 Å². The summed E-state index contributed by atoms with van der Waals surface area (Å²) in [5, 5.41) is 0. The predicted molar refractivity (Wildman–Crippen MR) is 62.9 cm³/mol. The number of hydrogen-bond donors (Lipinski definition) is 1. The number of rotatable bonds is 4. The second-order valence-corrected chi connectivity index (χ2v) is 4.40. The first-order chi connectivity index (χ1) is 7.27. The van der Waals surface area contributed by atoms with E-state index in [4.69, 9.17) is 10.5 Å². The monoisotopic (exact) mass is 205 g/mol. The maximum absolute atomic E-state index is 5.82. The fourth-order valence-corrected chi connectivity index (χ4v) is 2.29. The molecule has 1 saturated carbocycles. The van der Waals surface area contributed by atoms with Crippen LogP contribution in [0.2, 0.25) is 0 Å². The van der Waals surface area contributed by atoms with Gasteiger partial charge >= 0.3 is 0 Å². The van der Waals surface area contributed by atoms with Crippen LogP contribution in [0.4, 0.5) is 5.69 Å². The maximum Gasteiger partial charge on any atom is 0.0562 e. The van der Waals surface area contributed by atoms with Crippen LogP contribution in [0.1, 0.15) is 31.7 Å². The lowest BCUT2D eigenvalue weighted by molar-refractivity contribution is 0.0522. The lowest BCUT2D eigenvalue weighted by atomic mass is 9.65. The minimum absolute atomic E-state index is 0.255. The summed E-state index contributed by atoms with van der Waals surface area (Å²) >= 11 is 0. The van der Waals surface area contributed by atoms with Crippen LogP contribution in [-0.2, 0) is 10.2 Å². The average Bonchev–Trinajstić information content (AvgIpc) is 2.16. The molecule has 0 spiro atoms. The molecule has 1 fully saturated rings. The molecule has 0 aromatic heterocycles. The molecular weight excluding hydrogens is 186 g/mol. The molecule has 2 N–H and O–H groups in total. The Morgan fingerprint density at radius 3 is 2.73 bits per heavy atom. The highest BCUT2D eigenvalue weighted by molar-refractivity contribution is 5.44. The van der Waals surface area contributed by atoms with E-state index in [-0.39, 0.29) is 5.41 Å². The quantitative estimate of drug-likeness (QED) is 0.767.